The summed E-state index contributed by atoms with van der Waals surface area (Å²) in [6, 6.07) is 9.53. The van der Waals surface area contributed by atoms with E-state index in [2.05, 4.69) is 26.2 Å². The number of rotatable bonds is 7. The number of benzene rings is 2. The minimum absolute atomic E-state index is 0.115. The van der Waals surface area contributed by atoms with Gasteiger partial charge in [0.15, 0.2) is 29.0 Å². The largest absolute Gasteiger partial charge is 0.493 e. The third-order valence-corrected chi connectivity index (χ3v) is 5.57. The molecule has 1 aliphatic rings. The molecular formula is C20H15BrN4O6S. The number of halogens is 1. The maximum atomic E-state index is 12.4. The molecule has 2 aromatic carbocycles. The summed E-state index contributed by atoms with van der Waals surface area (Å²) in [5.41, 5.74) is 0.720. The van der Waals surface area contributed by atoms with E-state index in [0.717, 1.165) is 11.8 Å². The van der Waals surface area contributed by atoms with E-state index in [-0.39, 0.29) is 29.1 Å². The number of ether oxygens (including phenoxy) is 3. The van der Waals surface area contributed by atoms with E-state index in [1.165, 1.54) is 26.4 Å². The van der Waals surface area contributed by atoms with Gasteiger partial charge >= 0.3 is 5.69 Å². The maximum absolute atomic E-state index is 12.4. The number of methoxy groups -OCH3 is 2. The third kappa shape index (κ3) is 5.19. The van der Waals surface area contributed by atoms with Gasteiger partial charge in [0.2, 0.25) is 0 Å². The van der Waals surface area contributed by atoms with Crippen LogP contribution in [-0.2, 0) is 4.79 Å². The van der Waals surface area contributed by atoms with Crippen LogP contribution in [0.15, 0.2) is 44.7 Å². The Kier molecular flexibility index (Phi) is 7.34. The summed E-state index contributed by atoms with van der Waals surface area (Å²) in [7, 11) is 2.81. The SMILES string of the molecule is COc1ccc(N=C2NC(=O)/C(=C/c3cc(Br)c(OCC#N)c(OC)c3)S2)cc1[N+](=O)[O-]. The Morgan fingerprint density at radius 3 is 2.69 bits per heavy atom. The Labute approximate surface area is 195 Å². The number of nitrogens with zero attached hydrogens (tertiary/aromatic N) is 3. The molecule has 0 radical (unpaired) electrons. The molecule has 2 aromatic rings. The molecule has 1 heterocycles. The van der Waals surface area contributed by atoms with Crippen molar-refractivity contribution in [1.82, 2.24) is 5.32 Å². The number of hydrogen-bond acceptors (Lipinski definition) is 9. The van der Waals surface area contributed by atoms with Crippen molar-refractivity contribution < 1.29 is 23.9 Å². The molecule has 0 aromatic heterocycles. The highest BCUT2D eigenvalue weighted by Crippen LogP contribution is 2.38. The Morgan fingerprint density at radius 1 is 1.28 bits per heavy atom. The van der Waals surface area contributed by atoms with Crippen LogP contribution in [0, 0.1) is 21.4 Å². The van der Waals surface area contributed by atoms with E-state index in [1.54, 1.807) is 24.3 Å². The summed E-state index contributed by atoms with van der Waals surface area (Å²) in [5, 5.41) is 22.8. The van der Waals surface area contributed by atoms with Crippen LogP contribution in [0.25, 0.3) is 6.08 Å². The van der Waals surface area contributed by atoms with E-state index < -0.39 is 4.92 Å². The van der Waals surface area contributed by atoms with E-state index in [0.29, 0.717) is 32.1 Å². The number of nitro groups is 1. The van der Waals surface area contributed by atoms with Crippen LogP contribution in [0.2, 0.25) is 0 Å². The molecule has 12 heteroatoms. The van der Waals surface area contributed by atoms with Gasteiger partial charge < -0.3 is 19.5 Å². The highest BCUT2D eigenvalue weighted by molar-refractivity contribution is 9.10. The fraction of sp³-hybridized carbons (Fsp3) is 0.150. The Balaban J connectivity index is 1.87. The molecular weight excluding hydrogens is 504 g/mol. The van der Waals surface area contributed by atoms with Crippen LogP contribution in [0.1, 0.15) is 5.56 Å². The number of nitriles is 1. The summed E-state index contributed by atoms with van der Waals surface area (Å²) in [4.78, 5) is 27.7. The molecule has 3 rings (SSSR count). The maximum Gasteiger partial charge on any atom is 0.313 e. The minimum Gasteiger partial charge on any atom is -0.493 e. The first-order valence-electron chi connectivity index (χ1n) is 8.85. The van der Waals surface area contributed by atoms with Gasteiger partial charge in [0.25, 0.3) is 5.91 Å². The molecule has 0 saturated carbocycles. The number of amides is 1. The van der Waals surface area contributed by atoms with Crippen molar-refractivity contribution in [3.63, 3.8) is 0 Å². The highest BCUT2D eigenvalue weighted by atomic mass is 79.9. The van der Waals surface area contributed by atoms with Crippen molar-refractivity contribution in [2.24, 2.45) is 4.99 Å². The lowest BCUT2D eigenvalue weighted by Gasteiger charge is -2.11. The fourth-order valence-electron chi connectivity index (χ4n) is 2.71. The number of nitro benzene ring substituents is 1. The fourth-order valence-corrected chi connectivity index (χ4v) is 4.12. The monoisotopic (exact) mass is 518 g/mol. The highest BCUT2D eigenvalue weighted by Gasteiger charge is 2.25. The summed E-state index contributed by atoms with van der Waals surface area (Å²) in [6.07, 6.45) is 1.64. The summed E-state index contributed by atoms with van der Waals surface area (Å²) < 4.78 is 16.2. The van der Waals surface area contributed by atoms with Crippen molar-refractivity contribution >= 4 is 56.2 Å². The number of hydrogen-bond donors (Lipinski definition) is 1. The molecule has 0 bridgehead atoms. The molecule has 10 nitrogen and oxygen atoms in total. The molecule has 1 amide bonds. The number of amidine groups is 1. The lowest BCUT2D eigenvalue weighted by atomic mass is 10.2. The van der Waals surface area contributed by atoms with Gasteiger partial charge in [-0.05, 0) is 63.6 Å². The predicted octanol–water partition coefficient (Wildman–Crippen LogP) is 4.17. The van der Waals surface area contributed by atoms with Crippen molar-refractivity contribution in [3.8, 4) is 23.3 Å². The summed E-state index contributed by atoms with van der Waals surface area (Å²) in [5.74, 6) is 0.522. The minimum atomic E-state index is -0.566. The van der Waals surface area contributed by atoms with Crippen LogP contribution >= 0.6 is 27.7 Å². The zero-order valence-corrected chi connectivity index (χ0v) is 19.2. The van der Waals surface area contributed by atoms with Crippen molar-refractivity contribution in [2.75, 3.05) is 20.8 Å². The number of aliphatic imine (C=N–C) groups is 1. The second-order valence-corrected chi connectivity index (χ2v) is 7.96. The van der Waals surface area contributed by atoms with Crippen LogP contribution < -0.4 is 19.5 Å². The zero-order chi connectivity index (χ0) is 23.3. The molecule has 1 N–H and O–H groups in total. The molecule has 0 atom stereocenters. The quantitative estimate of drug-likeness (QED) is 0.327. The Bertz CT molecular complexity index is 1190. The van der Waals surface area contributed by atoms with Gasteiger partial charge in [0.05, 0.1) is 34.2 Å². The smallest absolute Gasteiger partial charge is 0.313 e. The van der Waals surface area contributed by atoms with E-state index in [1.807, 2.05) is 6.07 Å². The van der Waals surface area contributed by atoms with Gasteiger partial charge in [-0.25, -0.2) is 4.99 Å². The second kappa shape index (κ2) is 10.2. The zero-order valence-electron chi connectivity index (χ0n) is 16.7. The van der Waals surface area contributed by atoms with Crippen LogP contribution in [0.4, 0.5) is 11.4 Å². The average Bonchev–Trinajstić information content (AvgIpc) is 3.10. The Morgan fingerprint density at radius 2 is 2.03 bits per heavy atom. The molecule has 32 heavy (non-hydrogen) atoms. The van der Waals surface area contributed by atoms with Gasteiger partial charge in [-0.1, -0.05) is 0 Å². The number of carbonyl (C=O) groups is 1. The number of thioether (sulfide) groups is 1. The van der Waals surface area contributed by atoms with E-state index in [9.17, 15) is 14.9 Å². The molecule has 164 valence electrons. The van der Waals surface area contributed by atoms with Gasteiger partial charge in [0, 0.05) is 6.07 Å². The number of nitrogens with one attached hydrogen (secondary N) is 1. The van der Waals surface area contributed by atoms with Crippen molar-refractivity contribution in [3.05, 3.63) is 55.4 Å². The molecule has 0 unspecified atom stereocenters. The van der Waals surface area contributed by atoms with Gasteiger partial charge in [0.1, 0.15) is 6.07 Å². The van der Waals surface area contributed by atoms with Gasteiger partial charge in [-0.3, -0.25) is 14.9 Å². The normalized spacial score (nSPS) is 15.4. The molecule has 1 saturated heterocycles. The second-order valence-electron chi connectivity index (χ2n) is 6.08. The molecule has 0 aliphatic carbocycles. The van der Waals surface area contributed by atoms with Crippen LogP contribution in [-0.4, -0.2) is 36.8 Å². The van der Waals surface area contributed by atoms with Crippen molar-refractivity contribution in [2.45, 2.75) is 0 Å². The van der Waals surface area contributed by atoms with Crippen LogP contribution in [0.5, 0.6) is 17.2 Å². The third-order valence-electron chi connectivity index (χ3n) is 4.07. The van der Waals surface area contributed by atoms with Gasteiger partial charge in [-0.2, -0.15) is 5.26 Å². The lowest BCUT2D eigenvalue weighted by Crippen LogP contribution is -2.19. The van der Waals surface area contributed by atoms with Crippen LogP contribution in [0.3, 0.4) is 0 Å². The first-order chi connectivity index (χ1) is 15.4. The molecule has 1 fully saturated rings. The van der Waals surface area contributed by atoms with E-state index >= 15 is 0 Å². The summed E-state index contributed by atoms with van der Waals surface area (Å²) in [6.45, 7) is -0.142. The molecule has 1 aliphatic heterocycles. The lowest BCUT2D eigenvalue weighted by molar-refractivity contribution is -0.385. The average molecular weight is 519 g/mol. The first kappa shape index (κ1) is 23.1. The Hall–Kier alpha value is -3.56. The summed E-state index contributed by atoms with van der Waals surface area (Å²) >= 11 is 4.47. The van der Waals surface area contributed by atoms with Crippen molar-refractivity contribution in [1.29, 1.82) is 5.26 Å². The number of carbonyl (C=O) groups excluding carboxylic acids is 1. The van der Waals surface area contributed by atoms with E-state index in [4.69, 9.17) is 19.5 Å². The topological polar surface area (TPSA) is 136 Å². The predicted molar refractivity (Wildman–Crippen MR) is 122 cm³/mol. The standard InChI is InChI=1S/C20H15BrN4O6S/c1-29-15-4-3-12(10-14(15)25(27)28)23-20-24-19(26)17(32-20)9-11-7-13(21)18(31-6-5-22)16(8-11)30-2/h3-4,7-10H,6H2,1-2H3,(H,23,24,26)/b17-9-. The first-order valence-corrected chi connectivity index (χ1v) is 10.5. The van der Waals surface area contributed by atoms with Gasteiger partial charge in [-0.15, -0.1) is 0 Å². The molecule has 0 spiro atoms.